The summed E-state index contributed by atoms with van der Waals surface area (Å²) in [6, 6.07) is 0.129. The molecule has 2 atom stereocenters. The minimum Gasteiger partial charge on any atom is -0.396 e. The van der Waals surface area contributed by atoms with E-state index < -0.39 is 0 Å². The van der Waals surface area contributed by atoms with Crippen molar-refractivity contribution in [1.82, 2.24) is 10.2 Å². The van der Waals surface area contributed by atoms with E-state index in [1.54, 1.807) is 6.08 Å². The van der Waals surface area contributed by atoms with Crippen molar-refractivity contribution in [3.05, 3.63) is 12.7 Å². The normalized spacial score (nSPS) is 28.3. The first-order valence-electron chi connectivity index (χ1n) is 5.46. The number of carbonyl (C=O) groups is 1. The smallest absolute Gasteiger partial charge is 0.237 e. The molecule has 1 rings (SSSR count). The van der Waals surface area contributed by atoms with E-state index in [4.69, 9.17) is 5.11 Å². The highest BCUT2D eigenvalue weighted by atomic mass is 16.3. The molecule has 4 heteroatoms. The number of hydrogen-bond acceptors (Lipinski definition) is 3. The molecule has 1 aliphatic heterocycles. The second-order valence-electron chi connectivity index (χ2n) is 3.94. The molecule has 0 spiro atoms. The number of aliphatic hydroxyl groups excluding tert-OH is 1. The Morgan fingerprint density at radius 3 is 3.07 bits per heavy atom. The Kier molecular flexibility index (Phi) is 4.78. The number of hydrogen-bond donors (Lipinski definition) is 2. The van der Waals surface area contributed by atoms with Gasteiger partial charge in [0.1, 0.15) is 0 Å². The molecule has 86 valence electrons. The standard InChI is InChI=1S/C11H20N2O2/c1-3-7-13-9(2)4-6-12-11(15)10(13)5-8-14/h3,9-10,14H,1,4-8H2,2H3,(H,12,15). The Morgan fingerprint density at radius 1 is 1.73 bits per heavy atom. The largest absolute Gasteiger partial charge is 0.396 e. The van der Waals surface area contributed by atoms with Crippen LogP contribution in [0.25, 0.3) is 0 Å². The van der Waals surface area contributed by atoms with Gasteiger partial charge in [-0.1, -0.05) is 6.08 Å². The first-order valence-corrected chi connectivity index (χ1v) is 5.46. The average Bonchev–Trinajstić information content (AvgIpc) is 2.33. The van der Waals surface area contributed by atoms with Gasteiger partial charge in [0, 0.05) is 25.7 Å². The maximum atomic E-state index is 11.7. The van der Waals surface area contributed by atoms with Gasteiger partial charge in [0.25, 0.3) is 0 Å². The monoisotopic (exact) mass is 212 g/mol. The molecule has 2 unspecified atom stereocenters. The minimum atomic E-state index is -0.217. The molecule has 1 aliphatic rings. The molecular formula is C11H20N2O2. The van der Waals surface area contributed by atoms with Gasteiger partial charge in [-0.05, 0) is 19.8 Å². The molecule has 2 N–H and O–H groups in total. The number of rotatable bonds is 4. The van der Waals surface area contributed by atoms with Gasteiger partial charge in [-0.15, -0.1) is 6.58 Å². The summed E-state index contributed by atoms with van der Waals surface area (Å²) in [5.74, 6) is 0.0234. The Bertz CT molecular complexity index is 231. The average molecular weight is 212 g/mol. The van der Waals surface area contributed by atoms with Crippen LogP contribution in [0.1, 0.15) is 19.8 Å². The topological polar surface area (TPSA) is 52.6 Å². The molecule has 1 fully saturated rings. The lowest BCUT2D eigenvalue weighted by Crippen LogP contribution is -2.47. The summed E-state index contributed by atoms with van der Waals surface area (Å²) in [4.78, 5) is 13.8. The maximum Gasteiger partial charge on any atom is 0.237 e. The van der Waals surface area contributed by atoms with Gasteiger partial charge < -0.3 is 10.4 Å². The molecule has 1 amide bonds. The highest BCUT2D eigenvalue weighted by molar-refractivity contribution is 5.82. The van der Waals surface area contributed by atoms with Crippen molar-refractivity contribution in [3.8, 4) is 0 Å². The lowest BCUT2D eigenvalue weighted by atomic mass is 10.1. The summed E-state index contributed by atoms with van der Waals surface area (Å²) >= 11 is 0. The van der Waals surface area contributed by atoms with Crippen LogP contribution >= 0.6 is 0 Å². The molecule has 0 aromatic rings. The van der Waals surface area contributed by atoms with Gasteiger partial charge in [0.05, 0.1) is 6.04 Å². The molecular weight excluding hydrogens is 192 g/mol. The predicted molar refractivity (Wildman–Crippen MR) is 59.5 cm³/mol. The number of nitrogens with one attached hydrogen (secondary N) is 1. The van der Waals surface area contributed by atoms with Gasteiger partial charge in [-0.25, -0.2) is 0 Å². The van der Waals surface area contributed by atoms with Gasteiger partial charge in [-0.3, -0.25) is 9.69 Å². The van der Waals surface area contributed by atoms with Crippen molar-refractivity contribution in [3.63, 3.8) is 0 Å². The van der Waals surface area contributed by atoms with Crippen molar-refractivity contribution < 1.29 is 9.90 Å². The van der Waals surface area contributed by atoms with Crippen LogP contribution in [-0.4, -0.2) is 47.7 Å². The third kappa shape index (κ3) is 3.04. The van der Waals surface area contributed by atoms with Crippen molar-refractivity contribution in [2.24, 2.45) is 0 Å². The van der Waals surface area contributed by atoms with Crippen molar-refractivity contribution in [1.29, 1.82) is 0 Å². The van der Waals surface area contributed by atoms with Gasteiger partial charge in [-0.2, -0.15) is 0 Å². The van der Waals surface area contributed by atoms with Crippen molar-refractivity contribution >= 4 is 5.91 Å². The van der Waals surface area contributed by atoms with E-state index >= 15 is 0 Å². The molecule has 0 aromatic heterocycles. The van der Waals surface area contributed by atoms with E-state index in [1.165, 1.54) is 0 Å². The fourth-order valence-electron chi connectivity index (χ4n) is 2.02. The Hall–Kier alpha value is -0.870. The fraction of sp³-hybridized carbons (Fsp3) is 0.727. The van der Waals surface area contributed by atoms with Gasteiger partial charge in [0.15, 0.2) is 0 Å². The van der Waals surface area contributed by atoms with Gasteiger partial charge in [0.2, 0.25) is 5.91 Å². The molecule has 4 nitrogen and oxygen atoms in total. The van der Waals surface area contributed by atoms with Gasteiger partial charge >= 0.3 is 0 Å². The third-order valence-corrected chi connectivity index (χ3v) is 2.87. The second-order valence-corrected chi connectivity index (χ2v) is 3.94. The summed E-state index contributed by atoms with van der Waals surface area (Å²) in [6.07, 6.45) is 3.24. The van der Waals surface area contributed by atoms with E-state index in [2.05, 4.69) is 23.7 Å². The number of carbonyl (C=O) groups excluding carboxylic acids is 1. The predicted octanol–water partition coefficient (Wildman–Crippen LogP) is 0.134. The summed E-state index contributed by atoms with van der Waals surface area (Å²) in [5.41, 5.74) is 0. The maximum absolute atomic E-state index is 11.7. The van der Waals surface area contributed by atoms with E-state index in [0.717, 1.165) is 13.0 Å². The van der Waals surface area contributed by atoms with Crippen LogP contribution in [0.15, 0.2) is 12.7 Å². The minimum absolute atomic E-state index is 0.0234. The molecule has 1 saturated heterocycles. The van der Waals surface area contributed by atoms with Crippen LogP contribution in [0.3, 0.4) is 0 Å². The van der Waals surface area contributed by atoms with Crippen molar-refractivity contribution in [2.45, 2.75) is 31.8 Å². The zero-order valence-corrected chi connectivity index (χ0v) is 9.28. The van der Waals surface area contributed by atoms with Crippen LogP contribution in [0, 0.1) is 0 Å². The highest BCUT2D eigenvalue weighted by Crippen LogP contribution is 2.14. The fourth-order valence-corrected chi connectivity index (χ4v) is 2.02. The number of amides is 1. The highest BCUT2D eigenvalue weighted by Gasteiger charge is 2.30. The molecule has 0 bridgehead atoms. The Morgan fingerprint density at radius 2 is 2.47 bits per heavy atom. The zero-order valence-electron chi connectivity index (χ0n) is 9.28. The zero-order chi connectivity index (χ0) is 11.3. The molecule has 0 saturated carbocycles. The van der Waals surface area contributed by atoms with Crippen LogP contribution in [0.2, 0.25) is 0 Å². The van der Waals surface area contributed by atoms with Crippen LogP contribution < -0.4 is 5.32 Å². The SMILES string of the molecule is C=CCN1C(C)CCNC(=O)C1CCO. The third-order valence-electron chi connectivity index (χ3n) is 2.87. The first kappa shape index (κ1) is 12.2. The molecule has 0 aliphatic carbocycles. The second kappa shape index (κ2) is 5.88. The van der Waals surface area contributed by atoms with E-state index in [0.29, 0.717) is 19.0 Å². The lowest BCUT2D eigenvalue weighted by molar-refractivity contribution is -0.126. The summed E-state index contributed by atoms with van der Waals surface area (Å²) in [7, 11) is 0. The Labute approximate surface area is 91.0 Å². The lowest BCUT2D eigenvalue weighted by Gasteiger charge is -2.31. The molecule has 0 aromatic carbocycles. The number of aliphatic hydroxyl groups is 1. The van der Waals surface area contributed by atoms with Crippen molar-refractivity contribution in [2.75, 3.05) is 19.7 Å². The quantitative estimate of drug-likeness (QED) is 0.651. The summed E-state index contributed by atoms with van der Waals surface area (Å²) < 4.78 is 0. The summed E-state index contributed by atoms with van der Waals surface area (Å²) in [5, 5.41) is 11.8. The van der Waals surface area contributed by atoms with Crippen LogP contribution in [0.4, 0.5) is 0 Å². The van der Waals surface area contributed by atoms with E-state index in [1.807, 2.05) is 0 Å². The van der Waals surface area contributed by atoms with E-state index in [9.17, 15) is 4.79 Å². The van der Waals surface area contributed by atoms with E-state index in [-0.39, 0.29) is 18.6 Å². The number of nitrogens with zero attached hydrogens (tertiary/aromatic N) is 1. The van der Waals surface area contributed by atoms with Crippen LogP contribution in [-0.2, 0) is 4.79 Å². The first-order chi connectivity index (χ1) is 7.20. The Balaban J connectivity index is 2.78. The molecule has 0 radical (unpaired) electrons. The van der Waals surface area contributed by atoms with Crippen LogP contribution in [0.5, 0.6) is 0 Å². The summed E-state index contributed by atoms with van der Waals surface area (Å²) in [6.45, 7) is 7.26. The molecule has 15 heavy (non-hydrogen) atoms. The molecule has 1 heterocycles.